The van der Waals surface area contributed by atoms with E-state index in [1.807, 2.05) is 19.1 Å². The molecule has 2 amide bonds. The van der Waals surface area contributed by atoms with Crippen LogP contribution in [0.1, 0.15) is 51.8 Å². The van der Waals surface area contributed by atoms with Crippen LogP contribution in [0, 0.1) is 18.6 Å². The lowest BCUT2D eigenvalue weighted by molar-refractivity contribution is -0.142. The summed E-state index contributed by atoms with van der Waals surface area (Å²) in [6.45, 7) is 2.86. The van der Waals surface area contributed by atoms with E-state index in [1.165, 1.54) is 23.5 Å². The minimum absolute atomic E-state index is 0.0120. The number of thiophene rings is 1. The predicted molar refractivity (Wildman–Crippen MR) is 107 cm³/mol. The van der Waals surface area contributed by atoms with E-state index in [9.17, 15) is 18.4 Å². The van der Waals surface area contributed by atoms with Crippen molar-refractivity contribution >= 4 is 23.2 Å². The lowest BCUT2D eigenvalue weighted by Gasteiger charge is -2.37. The second-order valence-corrected chi connectivity index (χ2v) is 9.57. The highest BCUT2D eigenvalue weighted by Gasteiger charge is 2.58. The number of hydrogen-bond acceptors (Lipinski definition) is 4. The van der Waals surface area contributed by atoms with Crippen molar-refractivity contribution in [2.75, 3.05) is 13.1 Å². The first-order chi connectivity index (χ1) is 14.4. The van der Waals surface area contributed by atoms with Gasteiger partial charge in [0.1, 0.15) is 17.9 Å². The number of piperidine rings is 1. The summed E-state index contributed by atoms with van der Waals surface area (Å²) in [4.78, 5) is 31.3. The smallest absolute Gasteiger partial charge is 0.263 e. The summed E-state index contributed by atoms with van der Waals surface area (Å²) in [6.07, 6.45) is 1.72. The molecule has 2 aromatic rings. The van der Waals surface area contributed by atoms with Gasteiger partial charge in [-0.1, -0.05) is 0 Å². The standard InChI is InChI=1S/C22H22F2N2O3S/c1-13-2-4-18(30-13)20(27)25-8-6-22(7-9-25)21(28)26-17(3-5-19(26)29-22)14-10-15(23)12-16(24)11-14/h2,4,10-12,17,19H,3,5-9H2,1H3. The van der Waals surface area contributed by atoms with Gasteiger partial charge in [-0.2, -0.15) is 0 Å². The van der Waals surface area contributed by atoms with E-state index in [-0.39, 0.29) is 24.1 Å². The fourth-order valence-corrected chi connectivity index (χ4v) is 5.75. The molecule has 0 N–H and O–H groups in total. The van der Waals surface area contributed by atoms with E-state index in [0.29, 0.717) is 49.2 Å². The Labute approximate surface area is 177 Å². The summed E-state index contributed by atoms with van der Waals surface area (Å²) in [6, 6.07) is 6.79. The second kappa shape index (κ2) is 7.13. The van der Waals surface area contributed by atoms with Crippen LogP contribution < -0.4 is 0 Å². The third-order valence-corrected chi connectivity index (χ3v) is 7.39. The number of nitrogens with zero attached hydrogens (tertiary/aromatic N) is 2. The van der Waals surface area contributed by atoms with Gasteiger partial charge < -0.3 is 14.5 Å². The fraction of sp³-hybridized carbons (Fsp3) is 0.455. The number of fused-ring (bicyclic) bond motifs is 1. The number of aryl methyl sites for hydroxylation is 1. The predicted octanol–water partition coefficient (Wildman–Crippen LogP) is 4.03. The normalized spacial score (nSPS) is 25.2. The largest absolute Gasteiger partial charge is 0.342 e. The second-order valence-electron chi connectivity index (χ2n) is 8.28. The van der Waals surface area contributed by atoms with Crippen LogP contribution in [0.4, 0.5) is 8.78 Å². The number of halogens is 2. The van der Waals surface area contributed by atoms with Gasteiger partial charge in [-0.15, -0.1) is 11.3 Å². The van der Waals surface area contributed by atoms with E-state index in [2.05, 4.69) is 0 Å². The van der Waals surface area contributed by atoms with Gasteiger partial charge in [0.2, 0.25) is 0 Å². The molecule has 1 aromatic carbocycles. The molecule has 0 radical (unpaired) electrons. The van der Waals surface area contributed by atoms with Crippen LogP contribution in [0.2, 0.25) is 0 Å². The Hall–Kier alpha value is -2.32. The molecule has 3 aliphatic heterocycles. The van der Waals surface area contributed by atoms with Gasteiger partial charge in [-0.3, -0.25) is 9.59 Å². The Morgan fingerprint density at radius 2 is 1.83 bits per heavy atom. The molecule has 0 saturated carbocycles. The van der Waals surface area contributed by atoms with Crippen molar-refractivity contribution < 1.29 is 23.1 Å². The molecule has 0 bridgehead atoms. The average Bonchev–Trinajstić information content (AvgIpc) is 3.38. The zero-order chi connectivity index (χ0) is 21.0. The highest BCUT2D eigenvalue weighted by atomic mass is 32.1. The van der Waals surface area contributed by atoms with Gasteiger partial charge in [0.05, 0.1) is 10.9 Å². The van der Waals surface area contributed by atoms with Crippen LogP contribution in [0.5, 0.6) is 0 Å². The van der Waals surface area contributed by atoms with Crippen molar-refractivity contribution in [1.82, 2.24) is 9.80 Å². The number of carbonyl (C=O) groups is 2. The van der Waals surface area contributed by atoms with Crippen LogP contribution in [-0.2, 0) is 9.53 Å². The summed E-state index contributed by atoms with van der Waals surface area (Å²) < 4.78 is 33.7. The minimum atomic E-state index is -0.947. The van der Waals surface area contributed by atoms with Crippen LogP contribution in [-0.4, -0.2) is 46.5 Å². The van der Waals surface area contributed by atoms with Crippen molar-refractivity contribution in [1.29, 1.82) is 0 Å². The fourth-order valence-electron chi connectivity index (χ4n) is 4.92. The zero-order valence-electron chi connectivity index (χ0n) is 16.6. The topological polar surface area (TPSA) is 49.9 Å². The van der Waals surface area contributed by atoms with E-state index < -0.39 is 17.2 Å². The third kappa shape index (κ3) is 3.13. The van der Waals surface area contributed by atoms with Crippen molar-refractivity contribution in [3.63, 3.8) is 0 Å². The molecular formula is C22H22F2N2O3S. The number of likely N-dealkylation sites (tertiary alicyclic amines) is 1. The molecule has 3 fully saturated rings. The van der Waals surface area contributed by atoms with Crippen molar-refractivity contribution in [2.45, 2.75) is 50.5 Å². The summed E-state index contributed by atoms with van der Waals surface area (Å²) in [5.74, 6) is -1.43. The van der Waals surface area contributed by atoms with Crippen LogP contribution in [0.3, 0.4) is 0 Å². The highest BCUT2D eigenvalue weighted by Crippen LogP contribution is 2.47. The SMILES string of the molecule is Cc1ccc(C(=O)N2CCC3(CC2)OC2CCC(c4cc(F)cc(F)c4)N2C3=O)s1. The van der Waals surface area contributed by atoms with Crippen LogP contribution in [0.15, 0.2) is 30.3 Å². The van der Waals surface area contributed by atoms with Gasteiger partial charge in [0.15, 0.2) is 5.60 Å². The Bertz CT molecular complexity index is 995. The first-order valence-corrected chi connectivity index (χ1v) is 11.0. The van der Waals surface area contributed by atoms with Crippen molar-refractivity contribution in [2.24, 2.45) is 0 Å². The van der Waals surface area contributed by atoms with Gasteiger partial charge in [0, 0.05) is 36.9 Å². The summed E-state index contributed by atoms with van der Waals surface area (Å²) in [7, 11) is 0. The summed E-state index contributed by atoms with van der Waals surface area (Å²) in [5.41, 5.74) is -0.484. The lowest BCUT2D eigenvalue weighted by Crippen LogP contribution is -2.51. The molecule has 4 heterocycles. The number of carbonyl (C=O) groups excluding carboxylic acids is 2. The number of rotatable bonds is 2. The molecule has 1 spiro atoms. The molecule has 158 valence electrons. The van der Waals surface area contributed by atoms with Gasteiger partial charge in [0.25, 0.3) is 11.8 Å². The minimum Gasteiger partial charge on any atom is -0.342 e. The molecule has 2 unspecified atom stereocenters. The summed E-state index contributed by atoms with van der Waals surface area (Å²) >= 11 is 1.47. The van der Waals surface area contributed by atoms with Crippen LogP contribution in [0.25, 0.3) is 0 Å². The molecule has 1 aromatic heterocycles. The number of hydrogen-bond donors (Lipinski definition) is 0. The number of ether oxygens (including phenoxy) is 1. The van der Waals surface area contributed by atoms with E-state index in [0.717, 1.165) is 10.9 Å². The molecule has 2 atom stereocenters. The van der Waals surface area contributed by atoms with E-state index in [4.69, 9.17) is 4.74 Å². The molecule has 3 aliphatic rings. The molecule has 3 saturated heterocycles. The van der Waals surface area contributed by atoms with Crippen molar-refractivity contribution in [3.8, 4) is 0 Å². The summed E-state index contributed by atoms with van der Waals surface area (Å²) in [5, 5.41) is 0. The van der Waals surface area contributed by atoms with Gasteiger partial charge in [-0.25, -0.2) is 8.78 Å². The number of benzene rings is 1. The first kappa shape index (κ1) is 19.6. The average molecular weight is 432 g/mol. The first-order valence-electron chi connectivity index (χ1n) is 10.2. The molecular weight excluding hydrogens is 410 g/mol. The Morgan fingerprint density at radius 3 is 2.47 bits per heavy atom. The molecule has 5 rings (SSSR count). The van der Waals surface area contributed by atoms with Crippen LogP contribution >= 0.6 is 11.3 Å². The Kier molecular flexibility index (Phi) is 4.67. The van der Waals surface area contributed by atoms with E-state index >= 15 is 0 Å². The maximum absolute atomic E-state index is 13.7. The highest BCUT2D eigenvalue weighted by molar-refractivity contribution is 7.13. The Morgan fingerprint density at radius 1 is 1.13 bits per heavy atom. The molecule has 0 aliphatic carbocycles. The van der Waals surface area contributed by atoms with Crippen molar-refractivity contribution in [3.05, 3.63) is 57.3 Å². The molecule has 8 heteroatoms. The maximum atomic E-state index is 13.7. The van der Waals surface area contributed by atoms with E-state index in [1.54, 1.807) is 9.80 Å². The monoisotopic (exact) mass is 432 g/mol. The third-order valence-electron chi connectivity index (χ3n) is 6.40. The molecule has 30 heavy (non-hydrogen) atoms. The zero-order valence-corrected chi connectivity index (χ0v) is 17.4. The molecule has 5 nitrogen and oxygen atoms in total. The lowest BCUT2D eigenvalue weighted by atomic mass is 9.89. The van der Waals surface area contributed by atoms with Gasteiger partial charge in [-0.05, 0) is 49.6 Å². The quantitative estimate of drug-likeness (QED) is 0.720. The maximum Gasteiger partial charge on any atom is 0.263 e. The Balaban J connectivity index is 1.32. The number of amides is 2. The van der Waals surface area contributed by atoms with Gasteiger partial charge >= 0.3 is 0 Å².